The van der Waals surface area contributed by atoms with Gasteiger partial charge in [-0.25, -0.2) is 9.59 Å². The molecule has 2 aromatic rings. The van der Waals surface area contributed by atoms with Crippen LogP contribution in [0.4, 0.5) is 0 Å². The molecule has 1 aliphatic rings. The molecule has 2 heterocycles. The number of thioether (sulfide) groups is 1. The Kier molecular flexibility index (Phi) is 5.38. The summed E-state index contributed by atoms with van der Waals surface area (Å²) in [4.78, 5) is 25.0. The molecule has 0 amide bonds. The molecule has 7 heteroatoms. The highest BCUT2D eigenvalue weighted by Gasteiger charge is 2.39. The molecule has 0 atom stereocenters. The molecule has 1 aliphatic heterocycles. The highest BCUT2D eigenvalue weighted by molar-refractivity contribution is 8.00. The Morgan fingerprint density at radius 2 is 1.81 bits per heavy atom. The number of hydrogen-bond acceptors (Lipinski definition) is 7. The highest BCUT2D eigenvalue weighted by atomic mass is 32.2. The lowest BCUT2D eigenvalue weighted by molar-refractivity contribution is -0.222. The van der Waals surface area contributed by atoms with Crippen molar-refractivity contribution in [3.8, 4) is 5.75 Å². The Labute approximate surface area is 160 Å². The second-order valence-corrected chi connectivity index (χ2v) is 8.20. The normalized spacial score (nSPS) is 16.0. The third-order valence-corrected chi connectivity index (χ3v) is 5.66. The van der Waals surface area contributed by atoms with Crippen LogP contribution < -0.4 is 4.74 Å². The van der Waals surface area contributed by atoms with Crippen LogP contribution in [0.2, 0.25) is 0 Å². The molecule has 136 valence electrons. The lowest BCUT2D eigenvalue weighted by Crippen LogP contribution is -2.41. The average Bonchev–Trinajstić information content (AvgIpc) is 2.98. The van der Waals surface area contributed by atoms with Crippen LogP contribution in [0.3, 0.4) is 0 Å². The van der Waals surface area contributed by atoms with Crippen LogP contribution >= 0.6 is 23.1 Å². The molecule has 0 bridgehead atoms. The van der Waals surface area contributed by atoms with E-state index >= 15 is 0 Å². The van der Waals surface area contributed by atoms with E-state index in [2.05, 4.69) is 0 Å². The van der Waals surface area contributed by atoms with Crippen molar-refractivity contribution < 1.29 is 23.8 Å². The van der Waals surface area contributed by atoms with Gasteiger partial charge in [0, 0.05) is 19.9 Å². The molecule has 0 spiro atoms. The zero-order chi connectivity index (χ0) is 18.7. The maximum absolute atomic E-state index is 12.2. The Bertz CT molecular complexity index is 830. The number of hydrogen-bond donors (Lipinski definition) is 0. The predicted octanol–water partition coefficient (Wildman–Crippen LogP) is 4.27. The van der Waals surface area contributed by atoms with Crippen LogP contribution in [-0.4, -0.2) is 24.0 Å². The fourth-order valence-electron chi connectivity index (χ4n) is 2.33. The summed E-state index contributed by atoms with van der Waals surface area (Å²) in [5.41, 5.74) is 0.893. The van der Waals surface area contributed by atoms with Crippen molar-refractivity contribution in [3.05, 3.63) is 52.4 Å². The van der Waals surface area contributed by atoms with Gasteiger partial charge in [0.2, 0.25) is 0 Å². The smallest absolute Gasteiger partial charge is 0.348 e. The van der Waals surface area contributed by atoms with E-state index in [0.29, 0.717) is 17.2 Å². The van der Waals surface area contributed by atoms with E-state index in [0.717, 1.165) is 9.77 Å². The molecule has 1 saturated heterocycles. The van der Waals surface area contributed by atoms with Gasteiger partial charge in [-0.05, 0) is 17.9 Å². The zero-order valence-corrected chi connectivity index (χ0v) is 16.2. The predicted molar refractivity (Wildman–Crippen MR) is 101 cm³/mol. The van der Waals surface area contributed by atoms with Gasteiger partial charge in [-0.15, -0.1) is 23.1 Å². The van der Waals surface area contributed by atoms with E-state index in [1.54, 1.807) is 11.8 Å². The van der Waals surface area contributed by atoms with Gasteiger partial charge >= 0.3 is 11.9 Å². The minimum absolute atomic E-state index is 0.136. The number of rotatable bonds is 5. The number of ether oxygens (including phenoxy) is 3. The van der Waals surface area contributed by atoms with E-state index in [1.165, 1.54) is 31.3 Å². The number of benzene rings is 1. The van der Waals surface area contributed by atoms with Crippen molar-refractivity contribution in [1.29, 1.82) is 0 Å². The summed E-state index contributed by atoms with van der Waals surface area (Å²) in [6.07, 6.45) is 3.43. The molecule has 0 radical (unpaired) electrons. The standard InChI is InChI=1S/C19H18O5S2/c1-19(2)23-17(20)13(18(21)24-19)9-15-14(10-16(25-3)26-15)22-11-12-7-5-4-6-8-12/h4-10H,11H2,1-3H3. The minimum Gasteiger partial charge on any atom is -0.487 e. The topological polar surface area (TPSA) is 61.8 Å². The molecule has 3 rings (SSSR count). The van der Waals surface area contributed by atoms with Crippen molar-refractivity contribution in [2.24, 2.45) is 0 Å². The molecule has 0 aliphatic carbocycles. The fourth-order valence-corrected chi connectivity index (χ4v) is 3.93. The molecule has 1 aromatic heterocycles. The van der Waals surface area contributed by atoms with Crippen molar-refractivity contribution in [2.45, 2.75) is 30.5 Å². The number of cyclic esters (lactones) is 2. The lowest BCUT2D eigenvalue weighted by Gasteiger charge is -2.29. The first-order valence-corrected chi connectivity index (χ1v) is 9.95. The molecule has 26 heavy (non-hydrogen) atoms. The monoisotopic (exact) mass is 390 g/mol. The van der Waals surface area contributed by atoms with Crippen LogP contribution in [-0.2, 0) is 25.7 Å². The van der Waals surface area contributed by atoms with Gasteiger partial charge in [-0.3, -0.25) is 0 Å². The van der Waals surface area contributed by atoms with Crippen LogP contribution in [0, 0.1) is 0 Å². The van der Waals surface area contributed by atoms with Crippen LogP contribution in [0.25, 0.3) is 6.08 Å². The number of carbonyl (C=O) groups excluding carboxylic acids is 2. The van der Waals surface area contributed by atoms with Crippen molar-refractivity contribution in [3.63, 3.8) is 0 Å². The van der Waals surface area contributed by atoms with Crippen LogP contribution in [0.1, 0.15) is 24.3 Å². The summed E-state index contributed by atoms with van der Waals surface area (Å²) < 4.78 is 17.2. The lowest BCUT2D eigenvalue weighted by atomic mass is 10.2. The third-order valence-electron chi connectivity index (χ3n) is 3.53. The molecule has 5 nitrogen and oxygen atoms in total. The van der Waals surface area contributed by atoms with Gasteiger partial charge in [-0.2, -0.15) is 0 Å². The number of carbonyl (C=O) groups is 2. The molecule has 0 N–H and O–H groups in total. The Hall–Kier alpha value is -2.25. The first kappa shape index (κ1) is 18.5. The van der Waals surface area contributed by atoms with Crippen molar-refractivity contribution in [2.75, 3.05) is 6.26 Å². The average molecular weight is 390 g/mol. The summed E-state index contributed by atoms with van der Waals surface area (Å²) in [6, 6.07) is 11.7. The molecule has 1 fully saturated rings. The minimum atomic E-state index is -1.25. The Balaban J connectivity index is 1.86. The fraction of sp³-hybridized carbons (Fsp3) is 0.263. The first-order valence-electron chi connectivity index (χ1n) is 7.91. The molecule has 0 unspecified atom stereocenters. The van der Waals surface area contributed by atoms with Gasteiger partial charge in [-0.1, -0.05) is 30.3 Å². The van der Waals surface area contributed by atoms with Gasteiger partial charge in [0.1, 0.15) is 17.9 Å². The molecule has 1 aromatic carbocycles. The van der Waals surface area contributed by atoms with Crippen molar-refractivity contribution in [1.82, 2.24) is 0 Å². The number of thiophene rings is 1. The second-order valence-electron chi connectivity index (χ2n) is 6.01. The van der Waals surface area contributed by atoms with Gasteiger partial charge in [0.15, 0.2) is 0 Å². The van der Waals surface area contributed by atoms with Crippen molar-refractivity contribution >= 4 is 41.1 Å². The van der Waals surface area contributed by atoms with E-state index in [4.69, 9.17) is 14.2 Å². The SMILES string of the molecule is CSc1cc(OCc2ccccc2)c(C=C2C(=O)OC(C)(C)OC2=O)s1. The van der Waals surface area contributed by atoms with Gasteiger partial charge in [0.25, 0.3) is 5.79 Å². The molecule has 0 saturated carbocycles. The maximum atomic E-state index is 12.2. The van der Waals surface area contributed by atoms with Gasteiger partial charge < -0.3 is 14.2 Å². The Morgan fingerprint density at radius 3 is 2.42 bits per heavy atom. The summed E-state index contributed by atoms with van der Waals surface area (Å²) in [5.74, 6) is -2.03. The second kappa shape index (κ2) is 7.55. The van der Waals surface area contributed by atoms with Crippen LogP contribution in [0.15, 0.2) is 46.2 Å². The van der Waals surface area contributed by atoms with E-state index in [1.807, 2.05) is 42.7 Å². The third kappa shape index (κ3) is 4.28. The summed E-state index contributed by atoms with van der Waals surface area (Å²) >= 11 is 3.00. The molecular formula is C19H18O5S2. The molecular weight excluding hydrogens is 372 g/mol. The summed E-state index contributed by atoms with van der Waals surface area (Å²) in [6.45, 7) is 3.43. The maximum Gasteiger partial charge on any atom is 0.348 e. The Morgan fingerprint density at radius 1 is 1.15 bits per heavy atom. The summed E-state index contributed by atoms with van der Waals surface area (Å²) in [7, 11) is 0. The number of esters is 2. The first-order chi connectivity index (χ1) is 12.4. The quantitative estimate of drug-likeness (QED) is 0.329. The van der Waals surface area contributed by atoms with Crippen LogP contribution in [0.5, 0.6) is 5.75 Å². The van der Waals surface area contributed by atoms with E-state index < -0.39 is 17.7 Å². The van der Waals surface area contributed by atoms with Gasteiger partial charge in [0.05, 0.1) is 9.09 Å². The van der Waals surface area contributed by atoms with E-state index in [-0.39, 0.29) is 5.57 Å². The highest BCUT2D eigenvalue weighted by Crippen LogP contribution is 2.37. The van der Waals surface area contributed by atoms with E-state index in [9.17, 15) is 9.59 Å². The largest absolute Gasteiger partial charge is 0.487 e. The summed E-state index contributed by atoms with van der Waals surface area (Å²) in [5, 5.41) is 0. The zero-order valence-electron chi connectivity index (χ0n) is 14.6.